The lowest BCUT2D eigenvalue weighted by Gasteiger charge is -2.23. The van der Waals surface area contributed by atoms with Gasteiger partial charge in [0.05, 0.1) is 23.2 Å². The Labute approximate surface area is 171 Å². The molecule has 5 nitrogen and oxygen atoms in total. The minimum Gasteiger partial charge on any atom is -0.497 e. The molecule has 0 aliphatic rings. The van der Waals surface area contributed by atoms with Gasteiger partial charge in [-0.05, 0) is 62.2 Å². The molecule has 1 N–H and O–H groups in total. The summed E-state index contributed by atoms with van der Waals surface area (Å²) in [7, 11) is -2.16. The van der Waals surface area contributed by atoms with E-state index in [4.69, 9.17) is 4.74 Å². The molecule has 4 aromatic rings. The van der Waals surface area contributed by atoms with Crippen LogP contribution < -0.4 is 9.04 Å². The van der Waals surface area contributed by atoms with E-state index >= 15 is 0 Å². The highest BCUT2D eigenvalue weighted by Crippen LogP contribution is 2.37. The lowest BCUT2D eigenvalue weighted by atomic mass is 10.0. The quantitative estimate of drug-likeness (QED) is 0.496. The van der Waals surface area contributed by atoms with Gasteiger partial charge in [0.25, 0.3) is 10.0 Å². The highest BCUT2D eigenvalue weighted by Gasteiger charge is 2.26. The van der Waals surface area contributed by atoms with Crippen LogP contribution in [0.1, 0.15) is 18.1 Å². The van der Waals surface area contributed by atoms with Crippen molar-refractivity contribution in [2.24, 2.45) is 0 Å². The van der Waals surface area contributed by atoms with Crippen molar-refractivity contribution in [3.8, 4) is 5.75 Å². The summed E-state index contributed by atoms with van der Waals surface area (Å²) in [6, 6.07) is 16.5. The van der Waals surface area contributed by atoms with E-state index in [1.54, 1.807) is 31.4 Å². The van der Waals surface area contributed by atoms with Crippen LogP contribution >= 0.6 is 0 Å². The first kappa shape index (κ1) is 19.3. The predicted octanol–water partition coefficient (Wildman–Crippen LogP) is 5.16. The summed E-state index contributed by atoms with van der Waals surface area (Å²) in [4.78, 5) is 3.72. The smallest absolute Gasteiger partial charge is 0.264 e. The van der Waals surface area contributed by atoms with Crippen LogP contribution in [0.25, 0.3) is 21.8 Å². The molecule has 4 rings (SSSR count). The van der Waals surface area contributed by atoms with Gasteiger partial charge in [-0.3, -0.25) is 4.31 Å². The molecule has 6 heteroatoms. The van der Waals surface area contributed by atoms with E-state index in [1.165, 1.54) is 4.31 Å². The van der Waals surface area contributed by atoms with Gasteiger partial charge in [0, 0.05) is 22.8 Å². The SMILES string of the molecule is CCN(c1cccc2c1[nH]c1c(C)ccc(C)c12)S(=O)(=O)c1ccc(OC)cc1. The largest absolute Gasteiger partial charge is 0.497 e. The Balaban J connectivity index is 1.94. The first-order valence-electron chi connectivity index (χ1n) is 9.56. The molecular formula is C23H24N2O3S. The van der Waals surface area contributed by atoms with Gasteiger partial charge < -0.3 is 9.72 Å². The van der Waals surface area contributed by atoms with Crippen LogP contribution in [0.3, 0.4) is 0 Å². The number of hydrogen-bond acceptors (Lipinski definition) is 3. The lowest BCUT2D eigenvalue weighted by Crippen LogP contribution is -2.31. The predicted molar refractivity (Wildman–Crippen MR) is 118 cm³/mol. The first-order valence-corrected chi connectivity index (χ1v) is 11.0. The van der Waals surface area contributed by atoms with E-state index in [0.29, 0.717) is 18.0 Å². The number of ether oxygens (including phenoxy) is 1. The molecule has 0 aliphatic heterocycles. The minimum absolute atomic E-state index is 0.237. The van der Waals surface area contributed by atoms with Crippen molar-refractivity contribution in [1.29, 1.82) is 0 Å². The van der Waals surface area contributed by atoms with E-state index in [1.807, 2.05) is 25.1 Å². The second kappa shape index (κ2) is 7.12. The maximum Gasteiger partial charge on any atom is 0.264 e. The topological polar surface area (TPSA) is 62.4 Å². The van der Waals surface area contributed by atoms with Gasteiger partial charge in [-0.15, -0.1) is 0 Å². The van der Waals surface area contributed by atoms with Crippen LogP contribution in [0.2, 0.25) is 0 Å². The highest BCUT2D eigenvalue weighted by atomic mass is 32.2. The van der Waals surface area contributed by atoms with Crippen LogP contribution in [-0.2, 0) is 10.0 Å². The molecule has 0 fully saturated rings. The number of aromatic amines is 1. The van der Waals surface area contributed by atoms with Crippen LogP contribution in [-0.4, -0.2) is 27.1 Å². The molecule has 29 heavy (non-hydrogen) atoms. The summed E-state index contributed by atoms with van der Waals surface area (Å²) in [5, 5.41) is 2.17. The number of rotatable bonds is 5. The fourth-order valence-electron chi connectivity index (χ4n) is 3.88. The number of nitrogens with one attached hydrogen (secondary N) is 1. The summed E-state index contributed by atoms with van der Waals surface area (Å²) in [6.45, 7) is 6.30. The zero-order chi connectivity index (χ0) is 20.8. The number of para-hydroxylation sites is 1. The van der Waals surface area contributed by atoms with Crippen molar-refractivity contribution >= 4 is 37.5 Å². The Bertz CT molecular complexity index is 1310. The summed E-state index contributed by atoms with van der Waals surface area (Å²) < 4.78 is 33.5. The number of sulfonamides is 1. The number of benzene rings is 3. The van der Waals surface area contributed by atoms with Crippen molar-refractivity contribution in [2.75, 3.05) is 18.0 Å². The van der Waals surface area contributed by atoms with Crippen molar-refractivity contribution < 1.29 is 13.2 Å². The second-order valence-electron chi connectivity index (χ2n) is 7.12. The van der Waals surface area contributed by atoms with Crippen molar-refractivity contribution in [3.63, 3.8) is 0 Å². The summed E-state index contributed by atoms with van der Waals surface area (Å²) >= 11 is 0. The van der Waals surface area contributed by atoms with Gasteiger partial charge in [-0.25, -0.2) is 8.42 Å². The van der Waals surface area contributed by atoms with Gasteiger partial charge in [-0.2, -0.15) is 0 Å². The van der Waals surface area contributed by atoms with Gasteiger partial charge in [-0.1, -0.05) is 24.3 Å². The Morgan fingerprint density at radius 3 is 2.28 bits per heavy atom. The van der Waals surface area contributed by atoms with Crippen molar-refractivity contribution in [1.82, 2.24) is 4.98 Å². The monoisotopic (exact) mass is 408 g/mol. The lowest BCUT2D eigenvalue weighted by molar-refractivity contribution is 0.414. The van der Waals surface area contributed by atoms with E-state index in [-0.39, 0.29) is 4.90 Å². The normalized spacial score (nSPS) is 11.9. The Morgan fingerprint density at radius 1 is 0.931 bits per heavy atom. The number of aromatic nitrogens is 1. The fraction of sp³-hybridized carbons (Fsp3) is 0.217. The third-order valence-electron chi connectivity index (χ3n) is 5.39. The van der Waals surface area contributed by atoms with Crippen molar-refractivity contribution in [2.45, 2.75) is 25.7 Å². The molecule has 3 aromatic carbocycles. The number of anilines is 1. The fourth-order valence-corrected chi connectivity index (χ4v) is 5.36. The number of H-pyrrole nitrogens is 1. The zero-order valence-electron chi connectivity index (χ0n) is 17.0. The number of nitrogens with zero attached hydrogens (tertiary/aromatic N) is 1. The maximum atomic E-state index is 13.4. The van der Waals surface area contributed by atoms with E-state index < -0.39 is 10.0 Å². The zero-order valence-corrected chi connectivity index (χ0v) is 17.8. The Hall–Kier alpha value is -2.99. The van der Waals surface area contributed by atoms with Crippen molar-refractivity contribution in [3.05, 3.63) is 65.7 Å². The molecule has 0 saturated carbocycles. The molecule has 150 valence electrons. The van der Waals surface area contributed by atoms with E-state index in [2.05, 4.69) is 31.0 Å². The average molecular weight is 409 g/mol. The van der Waals surface area contributed by atoms with Gasteiger partial charge in [0.15, 0.2) is 0 Å². The molecule has 0 amide bonds. The Morgan fingerprint density at radius 2 is 1.62 bits per heavy atom. The summed E-state index contributed by atoms with van der Waals surface area (Å²) in [5.74, 6) is 0.621. The van der Waals surface area contributed by atoms with Crippen LogP contribution in [0.5, 0.6) is 5.75 Å². The third kappa shape index (κ3) is 3.04. The van der Waals surface area contributed by atoms with Crippen LogP contribution in [0.4, 0.5) is 5.69 Å². The molecule has 0 radical (unpaired) electrons. The third-order valence-corrected chi connectivity index (χ3v) is 7.29. The Kier molecular flexibility index (Phi) is 4.74. The number of hydrogen-bond donors (Lipinski definition) is 1. The number of methoxy groups -OCH3 is 1. The summed E-state index contributed by atoms with van der Waals surface area (Å²) in [6.07, 6.45) is 0. The minimum atomic E-state index is -3.72. The average Bonchev–Trinajstić information content (AvgIpc) is 3.13. The molecule has 1 heterocycles. The molecular weight excluding hydrogens is 384 g/mol. The molecule has 0 saturated heterocycles. The molecule has 0 unspecified atom stereocenters. The van der Waals surface area contributed by atoms with Gasteiger partial charge >= 0.3 is 0 Å². The molecule has 0 atom stereocenters. The van der Waals surface area contributed by atoms with E-state index in [9.17, 15) is 8.42 Å². The highest BCUT2D eigenvalue weighted by molar-refractivity contribution is 7.92. The van der Waals surface area contributed by atoms with Gasteiger partial charge in [0.2, 0.25) is 0 Å². The van der Waals surface area contributed by atoms with Gasteiger partial charge in [0.1, 0.15) is 5.75 Å². The first-order chi connectivity index (χ1) is 13.9. The van der Waals surface area contributed by atoms with E-state index in [0.717, 1.165) is 32.9 Å². The molecule has 0 aliphatic carbocycles. The number of aryl methyl sites for hydroxylation is 2. The molecule has 1 aromatic heterocycles. The number of fused-ring (bicyclic) bond motifs is 3. The second-order valence-corrected chi connectivity index (χ2v) is 8.98. The summed E-state index contributed by atoms with van der Waals surface area (Å²) in [5.41, 5.74) is 4.82. The molecule has 0 spiro atoms. The van der Waals surface area contributed by atoms with Crippen LogP contribution in [0.15, 0.2) is 59.5 Å². The van der Waals surface area contributed by atoms with Crippen LogP contribution in [0, 0.1) is 13.8 Å². The standard InChI is InChI=1S/C23H24N2O3S/c1-5-25(29(26,27)18-13-11-17(28-4)12-14-18)20-8-6-7-19-21-15(2)9-10-16(3)22(21)24-23(19)20/h6-14,24H,5H2,1-4H3. The molecule has 0 bridgehead atoms. The maximum absolute atomic E-state index is 13.4.